The van der Waals surface area contributed by atoms with Crippen LogP contribution in [0.3, 0.4) is 0 Å². The molecule has 0 spiro atoms. The van der Waals surface area contributed by atoms with E-state index in [0.717, 1.165) is 88.1 Å². The number of fused-ring (bicyclic) bond motifs is 21. The minimum Gasteiger partial charge on any atom is -0.456 e. The summed E-state index contributed by atoms with van der Waals surface area (Å²) in [6.07, 6.45) is 0. The van der Waals surface area contributed by atoms with E-state index in [-0.39, 0.29) is 5.41 Å². The van der Waals surface area contributed by atoms with Crippen molar-refractivity contribution in [2.75, 3.05) is 0 Å². The Morgan fingerprint density at radius 1 is 0.143 bits per heavy atom. The Morgan fingerprint density at radius 2 is 0.543 bits per heavy atom. The zero-order chi connectivity index (χ0) is 92.6. The molecule has 140 heavy (non-hydrogen) atoms. The molecule has 3 heterocycles. The maximum Gasteiger partial charge on any atom is 0.143 e. The maximum atomic E-state index is 6.83. The lowest BCUT2D eigenvalue weighted by atomic mass is 9.79. The van der Waals surface area contributed by atoms with Gasteiger partial charge in [0.2, 0.25) is 0 Å². The molecule has 654 valence electrons. The van der Waals surface area contributed by atoms with Gasteiger partial charge in [0.1, 0.15) is 33.5 Å². The van der Waals surface area contributed by atoms with Gasteiger partial charge in [-0.05, 0) is 270 Å². The standard InChI is InChI=1S/C48H30O.C47H32O.C42H26O/c1-4-16-31(17-5-1)34-28-29-39(36-23-11-10-22-35(34)36)45-38-25-13-12-24-37(38)44(33-20-8-3-9-21-33)46-42(45)30-41(32-18-6-2-7-19-32)48-47(46)40-26-14-15-27-43(40)49-48;1-47(2)41-24-10-8-18-33(41)38-27-39-40(28-42(38)47)44(29-14-4-3-5-15-29)35-20-6-7-21-36(35)45(39)31-17-12-16-30(26-31)32-22-13-23-37-34-19-9-11-25-43(34)48-46(32)37;1-3-11-27(12-4-1)31-21-22-39-35(24-31)36-25-37-38(26-40(36)43-39)41(29-14-5-2-6-15-29)33-17-9-10-18-34(33)42(37)32-20-19-28-13-7-8-16-30(28)23-32/h1-30H;3-28H,1-2H3;1-26H. The average molecular weight is 1780 g/mol. The van der Waals surface area contributed by atoms with Gasteiger partial charge in [-0.25, -0.2) is 0 Å². The first-order valence-electron chi connectivity index (χ1n) is 48.4. The van der Waals surface area contributed by atoms with Crippen molar-refractivity contribution >= 4 is 152 Å². The number of furan rings is 3. The van der Waals surface area contributed by atoms with Crippen LogP contribution in [0, 0.1) is 0 Å². The molecule has 1 aliphatic carbocycles. The summed E-state index contributed by atoms with van der Waals surface area (Å²) in [5.41, 5.74) is 35.0. The summed E-state index contributed by atoms with van der Waals surface area (Å²) in [4.78, 5) is 0. The van der Waals surface area contributed by atoms with Crippen LogP contribution in [-0.4, -0.2) is 0 Å². The van der Waals surface area contributed by atoms with Crippen LogP contribution in [0.5, 0.6) is 0 Å². The summed E-state index contributed by atoms with van der Waals surface area (Å²) in [6.45, 7) is 4.74. The molecule has 3 nitrogen and oxygen atoms in total. The minimum atomic E-state index is -0.0922. The number of para-hydroxylation sites is 3. The van der Waals surface area contributed by atoms with E-state index >= 15 is 0 Å². The normalized spacial score (nSPS) is 12.3. The summed E-state index contributed by atoms with van der Waals surface area (Å²) < 4.78 is 19.9. The molecular formula is C137H88O3. The predicted octanol–water partition coefficient (Wildman–Crippen LogP) is 39.0. The molecule has 0 atom stereocenters. The molecular weight excluding hydrogens is 1690 g/mol. The second-order valence-electron chi connectivity index (χ2n) is 37.7. The van der Waals surface area contributed by atoms with E-state index in [1.165, 1.54) is 197 Å². The molecule has 0 fully saturated rings. The van der Waals surface area contributed by atoms with Crippen LogP contribution in [0.4, 0.5) is 0 Å². The van der Waals surface area contributed by atoms with Gasteiger partial charge in [-0.1, -0.05) is 445 Å². The zero-order valence-electron chi connectivity index (χ0n) is 77.1. The first-order chi connectivity index (χ1) is 69.2. The number of rotatable bonds is 10. The van der Waals surface area contributed by atoms with Crippen LogP contribution >= 0.6 is 0 Å². The van der Waals surface area contributed by atoms with Crippen molar-refractivity contribution in [3.63, 3.8) is 0 Å². The van der Waals surface area contributed by atoms with Gasteiger partial charge in [-0.15, -0.1) is 0 Å². The summed E-state index contributed by atoms with van der Waals surface area (Å²) >= 11 is 0. The molecule has 0 saturated carbocycles. The largest absolute Gasteiger partial charge is 0.456 e. The average Bonchev–Trinajstić information content (AvgIpc) is 1.44. The van der Waals surface area contributed by atoms with Gasteiger partial charge >= 0.3 is 0 Å². The second-order valence-corrected chi connectivity index (χ2v) is 37.7. The highest BCUT2D eigenvalue weighted by Crippen LogP contribution is 2.57. The lowest BCUT2D eigenvalue weighted by Gasteiger charge is -2.24. The van der Waals surface area contributed by atoms with Crippen LogP contribution in [0.1, 0.15) is 25.0 Å². The molecule has 0 radical (unpaired) electrons. The Bertz CT molecular complexity index is 9870. The van der Waals surface area contributed by atoms with E-state index in [1.54, 1.807) is 0 Å². The fourth-order valence-electron chi connectivity index (χ4n) is 23.2. The molecule has 0 N–H and O–H groups in total. The molecule has 0 aliphatic heterocycles. The Labute approximate surface area is 809 Å². The quantitative estimate of drug-likeness (QED) is 0.128. The van der Waals surface area contributed by atoms with Crippen molar-refractivity contribution in [1.82, 2.24) is 0 Å². The third kappa shape index (κ3) is 13.3. The first-order valence-corrected chi connectivity index (χ1v) is 48.4. The van der Waals surface area contributed by atoms with Gasteiger partial charge in [-0.3, -0.25) is 0 Å². The second kappa shape index (κ2) is 33.2. The van der Waals surface area contributed by atoms with Gasteiger partial charge in [-0.2, -0.15) is 0 Å². The van der Waals surface area contributed by atoms with Gasteiger partial charge in [0, 0.05) is 54.2 Å². The molecule has 1 aliphatic rings. The van der Waals surface area contributed by atoms with Crippen molar-refractivity contribution in [3.05, 3.63) is 509 Å². The van der Waals surface area contributed by atoms with E-state index < -0.39 is 0 Å². The molecule has 25 aromatic carbocycles. The fraction of sp³-hybridized carbons (Fsp3) is 0.0219. The van der Waals surface area contributed by atoms with Crippen LogP contribution in [0.15, 0.2) is 511 Å². The molecule has 0 amide bonds. The van der Waals surface area contributed by atoms with Crippen LogP contribution in [0.25, 0.3) is 274 Å². The zero-order valence-corrected chi connectivity index (χ0v) is 77.1. The fourth-order valence-corrected chi connectivity index (χ4v) is 23.2. The van der Waals surface area contributed by atoms with Crippen molar-refractivity contribution in [2.45, 2.75) is 19.3 Å². The third-order valence-corrected chi connectivity index (χ3v) is 29.5. The Morgan fingerprint density at radius 3 is 1.18 bits per heavy atom. The van der Waals surface area contributed by atoms with Crippen molar-refractivity contribution < 1.29 is 13.3 Å². The Kier molecular flexibility index (Phi) is 19.3. The van der Waals surface area contributed by atoms with Gasteiger partial charge in [0.05, 0.1) is 0 Å². The maximum absolute atomic E-state index is 6.83. The highest BCUT2D eigenvalue weighted by atomic mass is 16.3. The molecule has 29 rings (SSSR count). The summed E-state index contributed by atoms with van der Waals surface area (Å²) in [6, 6.07) is 180. The van der Waals surface area contributed by atoms with Crippen molar-refractivity contribution in [3.8, 4) is 122 Å². The number of hydrogen-bond acceptors (Lipinski definition) is 3. The van der Waals surface area contributed by atoms with Crippen molar-refractivity contribution in [1.29, 1.82) is 0 Å². The molecule has 0 bridgehead atoms. The smallest absolute Gasteiger partial charge is 0.143 e. The van der Waals surface area contributed by atoms with Crippen LogP contribution in [-0.2, 0) is 5.41 Å². The van der Waals surface area contributed by atoms with Gasteiger partial charge < -0.3 is 13.3 Å². The van der Waals surface area contributed by atoms with Crippen LogP contribution in [0.2, 0.25) is 0 Å². The monoisotopic (exact) mass is 1780 g/mol. The van der Waals surface area contributed by atoms with E-state index in [1.807, 2.05) is 6.07 Å². The molecule has 0 unspecified atom stereocenters. The number of hydrogen-bond donors (Lipinski definition) is 0. The molecule has 0 saturated heterocycles. The van der Waals surface area contributed by atoms with Gasteiger partial charge in [0.15, 0.2) is 0 Å². The third-order valence-electron chi connectivity index (χ3n) is 29.5. The topological polar surface area (TPSA) is 39.4 Å². The molecule has 3 aromatic heterocycles. The van der Waals surface area contributed by atoms with Gasteiger partial charge in [0.25, 0.3) is 0 Å². The highest BCUT2D eigenvalue weighted by Gasteiger charge is 2.37. The minimum absolute atomic E-state index is 0.0922. The SMILES string of the molecule is CC1(C)c2ccccc2-c2cc3c(-c4cccc(-c5cccc6c5oc5ccccc56)c4)c4ccccc4c(-c4ccccc4)c3cc21.c1ccc(-c2ccc(-c3c4ccccc4c(-c4ccccc4)c4c3cc(-c3ccccc3)c3oc5ccccc5c34)c3ccccc23)cc1.c1ccc(-c2ccc3oc4cc5c(-c6ccccc6)c6ccccc6c(-c6ccc7ccccc7c6)c5cc4c3c2)cc1. The first kappa shape index (κ1) is 81.5. The predicted molar refractivity (Wildman–Crippen MR) is 593 cm³/mol. The summed E-state index contributed by atoms with van der Waals surface area (Å²) in [5.74, 6) is 0. The lowest BCUT2D eigenvalue weighted by molar-refractivity contribution is 0.661. The Hall–Kier alpha value is -18.0. The van der Waals surface area contributed by atoms with Crippen LogP contribution < -0.4 is 0 Å². The Balaban J connectivity index is 0.000000106. The highest BCUT2D eigenvalue weighted by molar-refractivity contribution is 6.35. The van der Waals surface area contributed by atoms with E-state index in [2.05, 4.69) is 505 Å². The lowest BCUT2D eigenvalue weighted by Crippen LogP contribution is -2.14. The molecule has 28 aromatic rings. The molecule has 3 heteroatoms. The van der Waals surface area contributed by atoms with E-state index in [4.69, 9.17) is 13.3 Å². The van der Waals surface area contributed by atoms with E-state index in [0.29, 0.717) is 0 Å². The number of benzene rings is 25. The summed E-state index contributed by atoms with van der Waals surface area (Å²) in [5, 5.41) is 26.7. The van der Waals surface area contributed by atoms with E-state index in [9.17, 15) is 0 Å². The summed E-state index contributed by atoms with van der Waals surface area (Å²) in [7, 11) is 0. The van der Waals surface area contributed by atoms with Crippen molar-refractivity contribution in [2.24, 2.45) is 0 Å².